The molecule has 0 aliphatic carbocycles. The maximum Gasteiger partial charge on any atom is 0.0305 e. The summed E-state index contributed by atoms with van der Waals surface area (Å²) in [5, 5.41) is 5.98. The number of piperidine rings is 1. The van der Waals surface area contributed by atoms with Gasteiger partial charge in [-0.15, -0.1) is 11.3 Å². The molecule has 16 heavy (non-hydrogen) atoms. The molecule has 2 aliphatic heterocycles. The Morgan fingerprint density at radius 2 is 2.31 bits per heavy atom. The van der Waals surface area contributed by atoms with Gasteiger partial charge in [0.25, 0.3) is 0 Å². The molecular formula is C13H20N2S. The summed E-state index contributed by atoms with van der Waals surface area (Å²) in [5.41, 5.74) is 1.45. The second-order valence-electron chi connectivity index (χ2n) is 5.15. The third kappa shape index (κ3) is 2.04. The number of fused-ring (bicyclic) bond motifs is 2. The second kappa shape index (κ2) is 4.47. The molecule has 3 heterocycles. The molecule has 2 saturated heterocycles. The highest BCUT2D eigenvalue weighted by Gasteiger charge is 2.33. The van der Waals surface area contributed by atoms with Crippen molar-refractivity contribution in [2.45, 2.75) is 32.4 Å². The van der Waals surface area contributed by atoms with Crippen LogP contribution in [0.15, 0.2) is 11.4 Å². The van der Waals surface area contributed by atoms with E-state index in [2.05, 4.69) is 28.6 Å². The zero-order chi connectivity index (χ0) is 11.0. The molecule has 0 saturated carbocycles. The zero-order valence-corrected chi connectivity index (χ0v) is 10.7. The van der Waals surface area contributed by atoms with Gasteiger partial charge in [0.15, 0.2) is 0 Å². The van der Waals surface area contributed by atoms with E-state index in [0.717, 1.165) is 18.5 Å². The molecule has 0 radical (unpaired) electrons. The van der Waals surface area contributed by atoms with Crippen molar-refractivity contribution >= 4 is 11.3 Å². The summed E-state index contributed by atoms with van der Waals surface area (Å²) < 4.78 is 0. The standard InChI is InChI=1S/C13H20N2S/c1-10-4-7-16-13(10)8-14-12-3-6-15-5-2-11(12)9-15/h4,7,11-12,14H,2-3,5-6,8-9H2,1H3. The van der Waals surface area contributed by atoms with Crippen molar-refractivity contribution in [3.63, 3.8) is 0 Å². The summed E-state index contributed by atoms with van der Waals surface area (Å²) >= 11 is 1.88. The van der Waals surface area contributed by atoms with Gasteiger partial charge in [-0.05, 0) is 55.8 Å². The topological polar surface area (TPSA) is 15.3 Å². The number of hydrogen-bond donors (Lipinski definition) is 1. The number of aryl methyl sites for hydroxylation is 1. The summed E-state index contributed by atoms with van der Waals surface area (Å²) in [5.74, 6) is 0.911. The lowest BCUT2D eigenvalue weighted by Crippen LogP contribution is -2.43. The summed E-state index contributed by atoms with van der Waals surface area (Å²) in [6.45, 7) is 7.26. The minimum atomic E-state index is 0.764. The van der Waals surface area contributed by atoms with Gasteiger partial charge in [-0.3, -0.25) is 0 Å². The molecule has 3 atom stereocenters. The van der Waals surface area contributed by atoms with Gasteiger partial charge >= 0.3 is 0 Å². The molecule has 1 aromatic heterocycles. The molecule has 3 unspecified atom stereocenters. The van der Waals surface area contributed by atoms with Crippen LogP contribution < -0.4 is 5.32 Å². The van der Waals surface area contributed by atoms with E-state index in [4.69, 9.17) is 0 Å². The fourth-order valence-electron chi connectivity index (χ4n) is 3.03. The SMILES string of the molecule is Cc1ccsc1CNC1CCN2CCC1C2. The lowest BCUT2D eigenvalue weighted by atomic mass is 9.94. The molecule has 1 aromatic rings. The quantitative estimate of drug-likeness (QED) is 0.866. The van der Waals surface area contributed by atoms with Crippen LogP contribution in [-0.2, 0) is 6.54 Å². The van der Waals surface area contributed by atoms with Crippen LogP contribution in [0, 0.1) is 12.8 Å². The molecule has 3 rings (SSSR count). The highest BCUT2D eigenvalue weighted by atomic mass is 32.1. The smallest absolute Gasteiger partial charge is 0.0305 e. The van der Waals surface area contributed by atoms with Gasteiger partial charge in [-0.25, -0.2) is 0 Å². The first-order valence-corrected chi connectivity index (χ1v) is 7.19. The number of nitrogens with one attached hydrogen (secondary N) is 1. The minimum Gasteiger partial charge on any atom is -0.309 e. The van der Waals surface area contributed by atoms with Crippen LogP contribution in [0.3, 0.4) is 0 Å². The Hall–Kier alpha value is -0.380. The van der Waals surface area contributed by atoms with Crippen LogP contribution in [0.2, 0.25) is 0 Å². The first kappa shape index (κ1) is 10.8. The molecule has 2 fully saturated rings. The Morgan fingerprint density at radius 3 is 3.12 bits per heavy atom. The molecule has 2 nitrogen and oxygen atoms in total. The van der Waals surface area contributed by atoms with Gasteiger partial charge in [0, 0.05) is 24.0 Å². The van der Waals surface area contributed by atoms with Crippen LogP contribution in [0.5, 0.6) is 0 Å². The van der Waals surface area contributed by atoms with Crippen LogP contribution in [0.4, 0.5) is 0 Å². The predicted molar refractivity (Wildman–Crippen MR) is 68.8 cm³/mol. The van der Waals surface area contributed by atoms with Crippen molar-refractivity contribution in [1.82, 2.24) is 10.2 Å². The van der Waals surface area contributed by atoms with Crippen molar-refractivity contribution in [1.29, 1.82) is 0 Å². The lowest BCUT2D eigenvalue weighted by Gasteiger charge is -2.31. The van der Waals surface area contributed by atoms with Crippen molar-refractivity contribution in [2.75, 3.05) is 19.6 Å². The van der Waals surface area contributed by atoms with Crippen LogP contribution in [0.25, 0.3) is 0 Å². The molecule has 0 amide bonds. The molecule has 0 aromatic carbocycles. The summed E-state index contributed by atoms with van der Waals surface area (Å²) in [6, 6.07) is 2.99. The lowest BCUT2D eigenvalue weighted by molar-refractivity contribution is 0.220. The largest absolute Gasteiger partial charge is 0.309 e. The van der Waals surface area contributed by atoms with Crippen molar-refractivity contribution in [3.05, 3.63) is 21.9 Å². The van der Waals surface area contributed by atoms with E-state index in [0.29, 0.717) is 0 Å². The van der Waals surface area contributed by atoms with E-state index < -0.39 is 0 Å². The fourth-order valence-corrected chi connectivity index (χ4v) is 3.89. The summed E-state index contributed by atoms with van der Waals surface area (Å²) in [4.78, 5) is 4.12. The second-order valence-corrected chi connectivity index (χ2v) is 6.15. The Balaban J connectivity index is 1.57. The Kier molecular flexibility index (Phi) is 3.01. The van der Waals surface area contributed by atoms with Gasteiger partial charge in [0.1, 0.15) is 0 Å². The maximum atomic E-state index is 3.78. The first-order chi connectivity index (χ1) is 7.83. The first-order valence-electron chi connectivity index (χ1n) is 6.31. The van der Waals surface area contributed by atoms with Gasteiger partial charge in [-0.2, -0.15) is 0 Å². The van der Waals surface area contributed by atoms with Crippen LogP contribution in [-0.4, -0.2) is 30.6 Å². The number of hydrogen-bond acceptors (Lipinski definition) is 3. The van der Waals surface area contributed by atoms with E-state index in [1.54, 1.807) is 0 Å². The van der Waals surface area contributed by atoms with Crippen molar-refractivity contribution in [2.24, 2.45) is 5.92 Å². The highest BCUT2D eigenvalue weighted by Crippen LogP contribution is 2.27. The van der Waals surface area contributed by atoms with Gasteiger partial charge in [0.05, 0.1) is 0 Å². The van der Waals surface area contributed by atoms with Crippen LogP contribution >= 0.6 is 11.3 Å². The van der Waals surface area contributed by atoms with E-state index in [1.807, 2.05) is 11.3 Å². The average molecular weight is 236 g/mol. The normalized spacial score (nSPS) is 33.2. The Morgan fingerprint density at radius 1 is 1.44 bits per heavy atom. The zero-order valence-electron chi connectivity index (χ0n) is 9.91. The van der Waals surface area contributed by atoms with Crippen molar-refractivity contribution in [3.8, 4) is 0 Å². The molecule has 2 aliphatic rings. The molecule has 1 N–H and O–H groups in total. The summed E-state index contributed by atoms with van der Waals surface area (Å²) in [6.07, 6.45) is 2.75. The molecule has 2 bridgehead atoms. The third-order valence-electron chi connectivity index (χ3n) is 4.13. The van der Waals surface area contributed by atoms with Crippen molar-refractivity contribution < 1.29 is 0 Å². The fraction of sp³-hybridized carbons (Fsp3) is 0.692. The van der Waals surface area contributed by atoms with E-state index in [9.17, 15) is 0 Å². The Bertz CT molecular complexity index is 361. The molecule has 3 heteroatoms. The number of rotatable bonds is 3. The summed E-state index contributed by atoms with van der Waals surface area (Å²) in [7, 11) is 0. The molecule has 88 valence electrons. The highest BCUT2D eigenvalue weighted by molar-refractivity contribution is 7.10. The molecular weight excluding hydrogens is 216 g/mol. The molecule has 0 spiro atoms. The van der Waals surface area contributed by atoms with Gasteiger partial charge < -0.3 is 10.2 Å². The van der Waals surface area contributed by atoms with Gasteiger partial charge in [0.2, 0.25) is 0 Å². The maximum absolute atomic E-state index is 3.78. The van der Waals surface area contributed by atoms with Gasteiger partial charge in [-0.1, -0.05) is 0 Å². The van der Waals surface area contributed by atoms with E-state index in [-0.39, 0.29) is 0 Å². The number of thiophene rings is 1. The third-order valence-corrected chi connectivity index (χ3v) is 5.15. The van der Waals surface area contributed by atoms with E-state index >= 15 is 0 Å². The monoisotopic (exact) mass is 236 g/mol. The number of nitrogens with zero attached hydrogens (tertiary/aromatic N) is 1. The Labute approximate surface area is 102 Å². The minimum absolute atomic E-state index is 0.764. The average Bonchev–Trinajstić information content (AvgIpc) is 2.86. The van der Waals surface area contributed by atoms with Crippen LogP contribution in [0.1, 0.15) is 23.3 Å². The van der Waals surface area contributed by atoms with E-state index in [1.165, 1.54) is 42.9 Å². The predicted octanol–water partition coefficient (Wildman–Crippen LogP) is 2.24.